The molecule has 2 rings (SSSR count). The van der Waals surface area contributed by atoms with Gasteiger partial charge in [-0.3, -0.25) is 9.59 Å². The van der Waals surface area contributed by atoms with E-state index in [0.717, 1.165) is 18.9 Å². The van der Waals surface area contributed by atoms with E-state index >= 15 is 0 Å². The average molecular weight is 374 g/mol. The second-order valence-electron chi connectivity index (χ2n) is 5.15. The number of hydrogen-bond donors (Lipinski definition) is 1. The van der Waals surface area contributed by atoms with E-state index < -0.39 is 17.7 Å². The Labute approximate surface area is 136 Å². The molecule has 1 heterocycles. The van der Waals surface area contributed by atoms with Crippen molar-refractivity contribution in [1.29, 1.82) is 0 Å². The summed E-state index contributed by atoms with van der Waals surface area (Å²) in [6, 6.07) is 3.86. The lowest BCUT2D eigenvalue weighted by Crippen LogP contribution is -2.39. The molecule has 0 unspecified atom stereocenters. The summed E-state index contributed by atoms with van der Waals surface area (Å²) >= 11 is 3.23. The predicted octanol–water partition coefficient (Wildman–Crippen LogP) is 2.68. The van der Waals surface area contributed by atoms with Gasteiger partial charge in [0.15, 0.2) is 0 Å². The second-order valence-corrected chi connectivity index (χ2v) is 6.01. The Morgan fingerprint density at radius 2 is 2.23 bits per heavy atom. The molecule has 0 radical (unpaired) electrons. The number of aliphatic carboxylic acids is 1. The number of amides is 1. The zero-order valence-corrected chi connectivity index (χ0v) is 13.5. The maximum atomic E-state index is 13.4. The third-order valence-corrected chi connectivity index (χ3v) is 4.18. The van der Waals surface area contributed by atoms with Crippen LogP contribution in [0.25, 0.3) is 0 Å². The number of carbonyl (C=O) groups excluding carboxylic acids is 1. The van der Waals surface area contributed by atoms with Crippen molar-refractivity contribution in [2.45, 2.75) is 25.4 Å². The van der Waals surface area contributed by atoms with Gasteiger partial charge in [-0.25, -0.2) is 4.39 Å². The molecule has 0 aliphatic carbocycles. The normalized spacial score (nSPS) is 17.5. The quantitative estimate of drug-likeness (QED) is 0.832. The number of carbonyl (C=O) groups is 2. The van der Waals surface area contributed by atoms with Gasteiger partial charge < -0.3 is 14.7 Å². The van der Waals surface area contributed by atoms with Gasteiger partial charge in [0.2, 0.25) is 0 Å². The molecule has 0 saturated carbocycles. The first-order chi connectivity index (χ1) is 10.5. The number of carboxylic acid groups (broad SMARTS) is 1. The lowest BCUT2D eigenvalue weighted by atomic mass is 10.1. The summed E-state index contributed by atoms with van der Waals surface area (Å²) in [6.45, 7) is 1.03. The molecule has 0 aromatic heterocycles. The maximum Gasteiger partial charge on any atom is 0.305 e. The van der Waals surface area contributed by atoms with Crippen molar-refractivity contribution in [3.63, 3.8) is 0 Å². The minimum Gasteiger partial charge on any atom is -0.481 e. The summed E-state index contributed by atoms with van der Waals surface area (Å²) in [4.78, 5) is 24.8. The fourth-order valence-electron chi connectivity index (χ4n) is 2.37. The topological polar surface area (TPSA) is 66.8 Å². The highest BCUT2D eigenvalue weighted by Crippen LogP contribution is 2.21. The van der Waals surface area contributed by atoms with Crippen LogP contribution in [0.4, 0.5) is 4.39 Å². The van der Waals surface area contributed by atoms with Crippen LogP contribution in [0.2, 0.25) is 0 Å². The van der Waals surface area contributed by atoms with E-state index in [9.17, 15) is 14.0 Å². The van der Waals surface area contributed by atoms with Crippen molar-refractivity contribution in [1.82, 2.24) is 4.90 Å². The summed E-state index contributed by atoms with van der Waals surface area (Å²) in [5, 5.41) is 8.84. The van der Waals surface area contributed by atoms with Crippen LogP contribution in [-0.4, -0.2) is 47.7 Å². The monoisotopic (exact) mass is 373 g/mol. The van der Waals surface area contributed by atoms with Gasteiger partial charge in [-0.1, -0.05) is 0 Å². The van der Waals surface area contributed by atoms with E-state index in [2.05, 4.69) is 15.9 Å². The van der Waals surface area contributed by atoms with Crippen molar-refractivity contribution in [3.05, 3.63) is 34.1 Å². The van der Waals surface area contributed by atoms with Gasteiger partial charge in [-0.2, -0.15) is 0 Å². The van der Waals surface area contributed by atoms with E-state index in [0.29, 0.717) is 17.6 Å². The number of ether oxygens (including phenoxy) is 1. The predicted molar refractivity (Wildman–Crippen MR) is 81.2 cm³/mol. The zero-order chi connectivity index (χ0) is 16.1. The Kier molecular flexibility index (Phi) is 5.90. The van der Waals surface area contributed by atoms with Crippen LogP contribution in [0.1, 0.15) is 29.6 Å². The minimum absolute atomic E-state index is 0.0664. The van der Waals surface area contributed by atoms with Crippen LogP contribution in [0.3, 0.4) is 0 Å². The molecule has 1 N–H and O–H groups in total. The average Bonchev–Trinajstić information content (AvgIpc) is 2.98. The summed E-state index contributed by atoms with van der Waals surface area (Å²) in [6.07, 6.45) is 1.51. The highest BCUT2D eigenvalue weighted by atomic mass is 79.9. The van der Waals surface area contributed by atoms with E-state index in [1.54, 1.807) is 0 Å². The van der Waals surface area contributed by atoms with Gasteiger partial charge in [-0.05, 0) is 47.0 Å². The minimum atomic E-state index is -0.983. The van der Waals surface area contributed by atoms with Crippen LogP contribution < -0.4 is 0 Å². The van der Waals surface area contributed by atoms with Crippen molar-refractivity contribution in [2.24, 2.45) is 0 Å². The van der Waals surface area contributed by atoms with Crippen LogP contribution >= 0.6 is 15.9 Å². The van der Waals surface area contributed by atoms with Crippen molar-refractivity contribution in [2.75, 3.05) is 19.7 Å². The fourth-order valence-corrected chi connectivity index (χ4v) is 2.79. The zero-order valence-electron chi connectivity index (χ0n) is 11.9. The molecule has 0 spiro atoms. The van der Waals surface area contributed by atoms with Crippen molar-refractivity contribution >= 4 is 27.8 Å². The number of carboxylic acids is 1. The van der Waals surface area contributed by atoms with E-state index in [1.807, 2.05) is 0 Å². The number of nitrogens with zero attached hydrogens (tertiary/aromatic N) is 1. The second kappa shape index (κ2) is 7.69. The van der Waals surface area contributed by atoms with Crippen LogP contribution in [0.5, 0.6) is 0 Å². The SMILES string of the molecule is O=C(O)CCN(C[C@@H]1CCCO1)C(=O)c1cc(F)ccc1Br. The molecule has 1 aromatic carbocycles. The van der Waals surface area contributed by atoms with Gasteiger partial charge in [0.1, 0.15) is 5.82 Å². The van der Waals surface area contributed by atoms with Crippen molar-refractivity contribution in [3.8, 4) is 0 Å². The molecule has 1 atom stereocenters. The Balaban J connectivity index is 2.16. The van der Waals surface area contributed by atoms with E-state index in [-0.39, 0.29) is 24.6 Å². The first kappa shape index (κ1) is 16.9. The Morgan fingerprint density at radius 3 is 2.86 bits per heavy atom. The van der Waals surface area contributed by atoms with Gasteiger partial charge in [0.05, 0.1) is 18.1 Å². The maximum absolute atomic E-state index is 13.4. The smallest absolute Gasteiger partial charge is 0.305 e. The number of halogens is 2. The molecule has 120 valence electrons. The number of hydrogen-bond acceptors (Lipinski definition) is 3. The summed E-state index contributed by atoms with van der Waals surface area (Å²) in [7, 11) is 0. The lowest BCUT2D eigenvalue weighted by Gasteiger charge is -2.25. The Morgan fingerprint density at radius 1 is 1.45 bits per heavy atom. The molecule has 1 amide bonds. The number of rotatable bonds is 6. The molecule has 22 heavy (non-hydrogen) atoms. The van der Waals surface area contributed by atoms with Gasteiger partial charge >= 0.3 is 5.97 Å². The van der Waals surface area contributed by atoms with Gasteiger partial charge in [-0.15, -0.1) is 0 Å². The third kappa shape index (κ3) is 4.51. The first-order valence-electron chi connectivity index (χ1n) is 7.05. The van der Waals surface area contributed by atoms with Gasteiger partial charge in [0.25, 0.3) is 5.91 Å². The van der Waals surface area contributed by atoms with Crippen LogP contribution in [0, 0.1) is 5.82 Å². The van der Waals surface area contributed by atoms with Gasteiger partial charge in [0, 0.05) is 24.2 Å². The molecule has 5 nitrogen and oxygen atoms in total. The molecule has 1 aliphatic heterocycles. The highest BCUT2D eigenvalue weighted by molar-refractivity contribution is 9.10. The first-order valence-corrected chi connectivity index (χ1v) is 7.84. The van der Waals surface area contributed by atoms with E-state index in [1.165, 1.54) is 17.0 Å². The van der Waals surface area contributed by atoms with E-state index in [4.69, 9.17) is 9.84 Å². The molecule has 1 aliphatic rings. The molecule has 7 heteroatoms. The summed E-state index contributed by atoms with van der Waals surface area (Å²) < 4.78 is 19.4. The summed E-state index contributed by atoms with van der Waals surface area (Å²) in [5.74, 6) is -1.89. The molecular weight excluding hydrogens is 357 g/mol. The molecule has 1 aromatic rings. The number of benzene rings is 1. The molecular formula is C15H17BrFNO4. The highest BCUT2D eigenvalue weighted by Gasteiger charge is 2.25. The van der Waals surface area contributed by atoms with Crippen LogP contribution in [0.15, 0.2) is 22.7 Å². The third-order valence-electron chi connectivity index (χ3n) is 3.49. The lowest BCUT2D eigenvalue weighted by molar-refractivity contribution is -0.137. The molecule has 1 fully saturated rings. The molecule has 1 saturated heterocycles. The van der Waals surface area contributed by atoms with Crippen LogP contribution in [-0.2, 0) is 9.53 Å². The fraction of sp³-hybridized carbons (Fsp3) is 0.467. The standard InChI is InChI=1S/C15H17BrFNO4/c16-13-4-3-10(17)8-12(13)15(21)18(6-5-14(19)20)9-11-2-1-7-22-11/h3-4,8,11H,1-2,5-7,9H2,(H,19,20)/t11-/m0/s1. The van der Waals surface area contributed by atoms with Crippen molar-refractivity contribution < 1.29 is 23.8 Å². The summed E-state index contributed by atoms with van der Waals surface area (Å²) in [5.41, 5.74) is 0.184. The largest absolute Gasteiger partial charge is 0.481 e. The Bertz CT molecular complexity index is 560. The Hall–Kier alpha value is -1.47. The molecule has 0 bridgehead atoms.